The Bertz CT molecular complexity index is 1820. The molecule has 5 aliphatic carbocycles. The molecule has 3 atom stereocenters. The molecule has 2 bridgehead atoms. The minimum Gasteiger partial charge on any atom is -0.289 e. The molecule has 2 aromatic carbocycles. The highest BCUT2D eigenvalue weighted by Gasteiger charge is 2.63. The van der Waals surface area contributed by atoms with Gasteiger partial charge in [-0.25, -0.2) is 0 Å². The first kappa shape index (κ1) is 30.9. The standard InChI is InChI=1S/C31H16F12O2/c1-11(28(32,33)34)23(29(35,36)37)17-13-7-3-2-6-12(13)10-16-20(17)27(45)22-19-15-9-5-4-8-14(15)18(21(22)26(16)44)24(30(38,39)40)25(19)31(41,42)43/h2-9,17-19H,10H2,1H3/b23-11-. The van der Waals surface area contributed by atoms with Gasteiger partial charge in [0.1, 0.15) is 0 Å². The van der Waals surface area contributed by atoms with Crippen molar-refractivity contribution in [1.29, 1.82) is 0 Å². The van der Waals surface area contributed by atoms with E-state index in [-0.39, 0.29) is 18.1 Å². The van der Waals surface area contributed by atoms with Crippen molar-refractivity contribution in [2.45, 2.75) is 55.8 Å². The minimum absolute atomic E-state index is 0.105. The molecule has 0 fully saturated rings. The maximum atomic E-state index is 14.6. The first-order valence-corrected chi connectivity index (χ1v) is 13.1. The average Bonchev–Trinajstić information content (AvgIpc) is 2.92. The van der Waals surface area contributed by atoms with Gasteiger partial charge >= 0.3 is 24.7 Å². The summed E-state index contributed by atoms with van der Waals surface area (Å²) in [5.41, 5.74) is -14.1. The number of Topliss-reactive ketones (excluding diaryl/α,β-unsaturated/α-hetero) is 2. The van der Waals surface area contributed by atoms with E-state index in [0.717, 1.165) is 18.2 Å². The van der Waals surface area contributed by atoms with Gasteiger partial charge in [-0.2, -0.15) is 52.7 Å². The first-order chi connectivity index (χ1) is 20.7. The van der Waals surface area contributed by atoms with Crippen molar-refractivity contribution < 1.29 is 62.3 Å². The zero-order valence-electron chi connectivity index (χ0n) is 22.4. The molecule has 0 saturated heterocycles. The lowest BCUT2D eigenvalue weighted by atomic mass is 9.54. The summed E-state index contributed by atoms with van der Waals surface area (Å²) in [6, 6.07) is 9.14. The molecule has 0 radical (unpaired) electrons. The number of benzene rings is 2. The van der Waals surface area contributed by atoms with Crippen LogP contribution in [0, 0.1) is 0 Å². The lowest BCUT2D eigenvalue weighted by Crippen LogP contribution is -2.46. The maximum absolute atomic E-state index is 14.6. The zero-order valence-corrected chi connectivity index (χ0v) is 22.4. The maximum Gasteiger partial charge on any atom is 0.413 e. The Labute approximate surface area is 245 Å². The van der Waals surface area contributed by atoms with Crippen molar-refractivity contribution in [3.8, 4) is 0 Å². The van der Waals surface area contributed by atoms with Gasteiger partial charge in [-0.3, -0.25) is 9.59 Å². The Morgan fingerprint density at radius 2 is 1.04 bits per heavy atom. The van der Waals surface area contributed by atoms with Gasteiger partial charge in [-0.1, -0.05) is 48.5 Å². The molecule has 2 nitrogen and oxygen atoms in total. The number of hydrogen-bond acceptors (Lipinski definition) is 2. The van der Waals surface area contributed by atoms with Crippen LogP contribution in [0.15, 0.2) is 93.1 Å². The highest BCUT2D eigenvalue weighted by atomic mass is 19.4. The van der Waals surface area contributed by atoms with E-state index in [1.807, 2.05) is 0 Å². The van der Waals surface area contributed by atoms with E-state index < -0.39 is 116 Å². The molecule has 236 valence electrons. The number of rotatable bonds is 1. The third-order valence-electron chi connectivity index (χ3n) is 8.74. The molecule has 0 spiro atoms. The van der Waals surface area contributed by atoms with Gasteiger partial charge in [0.25, 0.3) is 0 Å². The van der Waals surface area contributed by atoms with Gasteiger partial charge in [-0.05, 0) is 29.2 Å². The van der Waals surface area contributed by atoms with Crippen molar-refractivity contribution in [3.63, 3.8) is 0 Å². The number of carbonyl (C=O) groups is 2. The van der Waals surface area contributed by atoms with Crippen molar-refractivity contribution in [1.82, 2.24) is 0 Å². The molecule has 2 aromatic rings. The van der Waals surface area contributed by atoms with Crippen molar-refractivity contribution >= 4 is 11.6 Å². The number of carbonyl (C=O) groups excluding carboxylic acids is 2. The Balaban J connectivity index is 1.69. The van der Waals surface area contributed by atoms with Crippen molar-refractivity contribution in [3.05, 3.63) is 115 Å². The summed E-state index contributed by atoms with van der Waals surface area (Å²) in [5, 5.41) is 0. The summed E-state index contributed by atoms with van der Waals surface area (Å²) in [7, 11) is 0. The van der Waals surface area contributed by atoms with Crippen LogP contribution >= 0.6 is 0 Å². The largest absolute Gasteiger partial charge is 0.413 e. The molecule has 0 amide bonds. The Hall–Kier alpha value is -4.10. The molecule has 3 unspecified atom stereocenters. The molecule has 0 aliphatic heterocycles. The van der Waals surface area contributed by atoms with Crippen LogP contribution in [0.5, 0.6) is 0 Å². The molecule has 0 aromatic heterocycles. The molecular weight excluding hydrogens is 632 g/mol. The minimum atomic E-state index is -5.76. The second-order valence-electron chi connectivity index (χ2n) is 11.0. The van der Waals surface area contributed by atoms with Gasteiger partial charge in [0.15, 0.2) is 11.6 Å². The predicted molar refractivity (Wildman–Crippen MR) is 133 cm³/mol. The number of alkyl halides is 12. The van der Waals surface area contributed by atoms with E-state index in [2.05, 4.69) is 0 Å². The Morgan fingerprint density at radius 1 is 0.600 bits per heavy atom. The van der Waals surface area contributed by atoms with E-state index >= 15 is 0 Å². The van der Waals surface area contributed by atoms with Crippen LogP contribution in [-0.2, 0) is 16.0 Å². The third-order valence-corrected chi connectivity index (χ3v) is 8.74. The SMILES string of the molecule is C/C(=C(\C1C2=C(Cc3ccccc31)C(=O)C1=C(C2=O)C2C(C(F)(F)F)=C(C(F)(F)F)C1c1ccccc12)C(F)(F)F)C(F)(F)F. The Morgan fingerprint density at radius 3 is 1.49 bits per heavy atom. The van der Waals surface area contributed by atoms with Crippen LogP contribution in [0.1, 0.15) is 46.9 Å². The van der Waals surface area contributed by atoms with E-state index in [4.69, 9.17) is 0 Å². The fourth-order valence-corrected chi connectivity index (χ4v) is 7.12. The zero-order chi connectivity index (χ0) is 33.2. The molecular formula is C31H16F12O2. The summed E-state index contributed by atoms with van der Waals surface area (Å²) in [6.45, 7) is 0.124. The van der Waals surface area contributed by atoms with Crippen LogP contribution < -0.4 is 0 Å². The first-order valence-electron chi connectivity index (χ1n) is 13.1. The van der Waals surface area contributed by atoms with Crippen molar-refractivity contribution in [2.24, 2.45) is 0 Å². The predicted octanol–water partition coefficient (Wildman–Crippen LogP) is 8.83. The summed E-state index contributed by atoms with van der Waals surface area (Å²) >= 11 is 0. The monoisotopic (exact) mass is 648 g/mol. The molecule has 5 aliphatic rings. The number of ketones is 2. The summed E-state index contributed by atoms with van der Waals surface area (Å²) in [6.07, 6.45) is -23.4. The molecule has 14 heteroatoms. The number of fused-ring (bicyclic) bond motifs is 1. The van der Waals surface area contributed by atoms with Crippen LogP contribution in [0.25, 0.3) is 0 Å². The molecule has 7 rings (SSSR count). The van der Waals surface area contributed by atoms with Gasteiger partial charge in [0, 0.05) is 52.0 Å². The lowest BCUT2D eigenvalue weighted by Gasteiger charge is -2.47. The quantitative estimate of drug-likeness (QED) is 0.176. The van der Waals surface area contributed by atoms with E-state index in [1.165, 1.54) is 30.3 Å². The van der Waals surface area contributed by atoms with Crippen LogP contribution in [0.2, 0.25) is 0 Å². The molecule has 0 N–H and O–H groups in total. The molecule has 0 heterocycles. The summed E-state index contributed by atoms with van der Waals surface area (Å²) in [5.74, 6) is -10.7. The van der Waals surface area contributed by atoms with Crippen LogP contribution in [0.3, 0.4) is 0 Å². The second-order valence-corrected chi connectivity index (χ2v) is 11.0. The summed E-state index contributed by atoms with van der Waals surface area (Å²) < 4.78 is 172. The molecule has 45 heavy (non-hydrogen) atoms. The fraction of sp³-hybridized carbons (Fsp3) is 0.290. The number of halogens is 12. The number of allylic oxidation sites excluding steroid dienone is 8. The van der Waals surface area contributed by atoms with E-state index in [9.17, 15) is 62.3 Å². The van der Waals surface area contributed by atoms with Gasteiger partial charge in [0.05, 0.1) is 16.7 Å². The van der Waals surface area contributed by atoms with E-state index in [1.54, 1.807) is 0 Å². The van der Waals surface area contributed by atoms with Crippen LogP contribution in [0.4, 0.5) is 52.7 Å². The highest BCUT2D eigenvalue weighted by molar-refractivity contribution is 6.28. The average molecular weight is 648 g/mol. The van der Waals surface area contributed by atoms with Gasteiger partial charge < -0.3 is 0 Å². The summed E-state index contributed by atoms with van der Waals surface area (Å²) in [4.78, 5) is 28.4. The molecule has 0 saturated carbocycles. The smallest absolute Gasteiger partial charge is 0.289 e. The topological polar surface area (TPSA) is 34.1 Å². The normalized spacial score (nSPS) is 24.0. The van der Waals surface area contributed by atoms with Gasteiger partial charge in [0.2, 0.25) is 0 Å². The highest BCUT2D eigenvalue weighted by Crippen LogP contribution is 2.65. The fourth-order valence-electron chi connectivity index (χ4n) is 7.12. The van der Waals surface area contributed by atoms with Crippen LogP contribution in [-0.4, -0.2) is 36.3 Å². The number of hydrogen-bond donors (Lipinski definition) is 0. The Kier molecular flexibility index (Phi) is 6.50. The lowest BCUT2D eigenvalue weighted by molar-refractivity contribution is -0.126. The van der Waals surface area contributed by atoms with Gasteiger partial charge in [-0.15, -0.1) is 0 Å². The second kappa shape index (κ2) is 9.46. The third kappa shape index (κ3) is 4.42. The van der Waals surface area contributed by atoms with E-state index in [0.29, 0.717) is 0 Å². The van der Waals surface area contributed by atoms with Crippen molar-refractivity contribution in [2.75, 3.05) is 0 Å².